The molecule has 1 fully saturated rings. The average Bonchev–Trinajstić information content (AvgIpc) is 3.10. The minimum absolute atomic E-state index is 0.0121. The van der Waals surface area contributed by atoms with Gasteiger partial charge in [-0.05, 0) is 43.0 Å². The van der Waals surface area contributed by atoms with Crippen molar-refractivity contribution in [3.8, 4) is 0 Å². The Balaban J connectivity index is 1.81. The molecule has 3 heterocycles. The van der Waals surface area contributed by atoms with E-state index in [0.29, 0.717) is 34.1 Å². The van der Waals surface area contributed by atoms with E-state index in [1.54, 1.807) is 4.57 Å². The van der Waals surface area contributed by atoms with Gasteiger partial charge >= 0.3 is 0 Å². The van der Waals surface area contributed by atoms with Gasteiger partial charge < -0.3 is 4.90 Å². The fraction of sp³-hybridized carbons (Fsp3) is 0.632. The van der Waals surface area contributed by atoms with Gasteiger partial charge in [0.1, 0.15) is 4.70 Å². The highest BCUT2D eigenvalue weighted by Gasteiger charge is 2.25. The molecule has 5 nitrogen and oxygen atoms in total. The van der Waals surface area contributed by atoms with Gasteiger partial charge in [-0.3, -0.25) is 14.2 Å². The Morgan fingerprint density at radius 2 is 2.23 bits per heavy atom. The second kappa shape index (κ2) is 8.57. The highest BCUT2D eigenvalue weighted by Crippen LogP contribution is 2.24. The van der Waals surface area contributed by atoms with Crippen molar-refractivity contribution in [3.05, 3.63) is 21.8 Å². The molecule has 0 N–H and O–H groups in total. The van der Waals surface area contributed by atoms with Gasteiger partial charge in [-0.2, -0.15) is 0 Å². The molecule has 1 saturated heterocycles. The van der Waals surface area contributed by atoms with Gasteiger partial charge in [0.25, 0.3) is 5.56 Å². The predicted octanol–water partition coefficient (Wildman–Crippen LogP) is 4.00. The molecular weight excluding hydrogens is 366 g/mol. The maximum Gasteiger partial charge on any atom is 0.272 e. The number of hydrogen-bond donors (Lipinski definition) is 0. The van der Waals surface area contributed by atoms with Crippen LogP contribution in [0.5, 0.6) is 0 Å². The third-order valence-electron chi connectivity index (χ3n) is 4.82. The van der Waals surface area contributed by atoms with Gasteiger partial charge in [0.15, 0.2) is 5.16 Å². The van der Waals surface area contributed by atoms with Crippen LogP contribution in [0.25, 0.3) is 10.2 Å². The molecule has 0 saturated carbocycles. The molecule has 0 radical (unpaired) electrons. The maximum absolute atomic E-state index is 12.8. The van der Waals surface area contributed by atoms with E-state index in [2.05, 4.69) is 25.8 Å². The Labute approximate surface area is 162 Å². The fourth-order valence-corrected chi connectivity index (χ4v) is 5.20. The summed E-state index contributed by atoms with van der Waals surface area (Å²) < 4.78 is 2.44. The third kappa shape index (κ3) is 4.14. The van der Waals surface area contributed by atoms with E-state index in [1.165, 1.54) is 29.5 Å². The van der Waals surface area contributed by atoms with Crippen molar-refractivity contribution in [1.82, 2.24) is 14.5 Å². The summed E-state index contributed by atoms with van der Waals surface area (Å²) >= 11 is 2.84. The first-order chi connectivity index (χ1) is 12.5. The Hall–Kier alpha value is -1.34. The second-order valence-corrected chi connectivity index (χ2v) is 9.13. The van der Waals surface area contributed by atoms with E-state index in [-0.39, 0.29) is 11.5 Å². The van der Waals surface area contributed by atoms with Crippen molar-refractivity contribution < 1.29 is 4.79 Å². The van der Waals surface area contributed by atoms with Crippen molar-refractivity contribution >= 4 is 39.2 Å². The first kappa shape index (κ1) is 19.4. The van der Waals surface area contributed by atoms with E-state index in [9.17, 15) is 9.59 Å². The number of fused-ring (bicyclic) bond motifs is 1. The Bertz CT molecular complexity index is 828. The zero-order chi connectivity index (χ0) is 18.7. The molecule has 3 rings (SSSR count). The van der Waals surface area contributed by atoms with Crippen molar-refractivity contribution in [1.29, 1.82) is 0 Å². The Morgan fingerprint density at radius 3 is 2.96 bits per heavy atom. The summed E-state index contributed by atoms with van der Waals surface area (Å²) in [4.78, 5) is 32.3. The molecule has 142 valence electrons. The van der Waals surface area contributed by atoms with Crippen LogP contribution in [-0.2, 0) is 11.3 Å². The zero-order valence-corrected chi connectivity index (χ0v) is 17.4. The molecule has 2 aromatic heterocycles. The summed E-state index contributed by atoms with van der Waals surface area (Å²) in [6, 6.07) is 2.24. The van der Waals surface area contributed by atoms with E-state index < -0.39 is 0 Å². The zero-order valence-electron chi connectivity index (χ0n) is 15.7. The molecule has 7 heteroatoms. The Kier molecular flexibility index (Phi) is 6.40. The molecule has 1 amide bonds. The standard InChI is InChI=1S/C19H27N3O2S2/c1-4-14-7-5-6-9-21(14)16(23)12-26-19-20-15-8-10-25-17(15)18(24)22(19)11-13(2)3/h8,10,13-14H,4-7,9,11-12H2,1-3H3/t14-/m0/s1. The number of carbonyl (C=O) groups is 1. The summed E-state index contributed by atoms with van der Waals surface area (Å²) in [5, 5.41) is 2.56. The topological polar surface area (TPSA) is 55.2 Å². The quantitative estimate of drug-likeness (QED) is 0.550. The van der Waals surface area contributed by atoms with Crippen LogP contribution in [0.1, 0.15) is 46.5 Å². The summed E-state index contributed by atoms with van der Waals surface area (Å²) in [5.74, 6) is 0.849. The smallest absolute Gasteiger partial charge is 0.272 e. The van der Waals surface area contributed by atoms with Crippen LogP contribution >= 0.6 is 23.1 Å². The number of aromatic nitrogens is 2. The summed E-state index contributed by atoms with van der Waals surface area (Å²) in [6.07, 6.45) is 4.40. The van der Waals surface area contributed by atoms with Gasteiger partial charge in [0, 0.05) is 19.1 Å². The van der Waals surface area contributed by atoms with Crippen LogP contribution in [0.2, 0.25) is 0 Å². The van der Waals surface area contributed by atoms with Crippen molar-refractivity contribution in [2.75, 3.05) is 12.3 Å². The van der Waals surface area contributed by atoms with Gasteiger partial charge in [-0.1, -0.05) is 32.5 Å². The molecule has 1 aliphatic heterocycles. The normalized spacial score (nSPS) is 18.0. The molecule has 0 aliphatic carbocycles. The van der Waals surface area contributed by atoms with Crippen LogP contribution in [0.15, 0.2) is 21.4 Å². The molecule has 1 atom stereocenters. The molecule has 0 bridgehead atoms. The van der Waals surface area contributed by atoms with E-state index >= 15 is 0 Å². The lowest BCUT2D eigenvalue weighted by molar-refractivity contribution is -0.132. The first-order valence-electron chi connectivity index (χ1n) is 9.41. The lowest BCUT2D eigenvalue weighted by Crippen LogP contribution is -2.44. The van der Waals surface area contributed by atoms with E-state index in [0.717, 1.165) is 31.3 Å². The summed E-state index contributed by atoms with van der Waals surface area (Å²) in [5.41, 5.74) is 0.748. The number of hydrogen-bond acceptors (Lipinski definition) is 5. The lowest BCUT2D eigenvalue weighted by atomic mass is 10.0. The highest BCUT2D eigenvalue weighted by molar-refractivity contribution is 7.99. The molecule has 1 aliphatic rings. The van der Waals surface area contributed by atoms with E-state index in [4.69, 9.17) is 0 Å². The number of thioether (sulfide) groups is 1. The number of rotatable bonds is 6. The molecule has 0 spiro atoms. The average molecular weight is 394 g/mol. The fourth-order valence-electron chi connectivity index (χ4n) is 3.52. The Morgan fingerprint density at radius 1 is 1.42 bits per heavy atom. The summed E-state index contributed by atoms with van der Waals surface area (Å²) in [6.45, 7) is 7.80. The van der Waals surface area contributed by atoms with Crippen molar-refractivity contribution in [3.63, 3.8) is 0 Å². The predicted molar refractivity (Wildman–Crippen MR) is 109 cm³/mol. The monoisotopic (exact) mass is 393 g/mol. The molecule has 2 aromatic rings. The largest absolute Gasteiger partial charge is 0.339 e. The number of nitrogens with zero attached hydrogens (tertiary/aromatic N) is 3. The molecule has 26 heavy (non-hydrogen) atoms. The van der Waals surface area contributed by atoms with Gasteiger partial charge in [0.05, 0.1) is 11.3 Å². The van der Waals surface area contributed by atoms with Crippen LogP contribution in [0.3, 0.4) is 0 Å². The molecule has 0 unspecified atom stereocenters. The van der Waals surface area contributed by atoms with Crippen LogP contribution < -0.4 is 5.56 Å². The number of carbonyl (C=O) groups excluding carboxylic acids is 1. The number of thiophene rings is 1. The maximum atomic E-state index is 12.8. The van der Waals surface area contributed by atoms with Gasteiger partial charge in [-0.25, -0.2) is 4.98 Å². The van der Waals surface area contributed by atoms with E-state index in [1.807, 2.05) is 16.3 Å². The van der Waals surface area contributed by atoms with Crippen molar-refractivity contribution in [2.45, 2.75) is 64.2 Å². The van der Waals surface area contributed by atoms with Crippen LogP contribution in [0.4, 0.5) is 0 Å². The minimum atomic E-state index is 0.0121. The number of amides is 1. The SMILES string of the molecule is CC[C@H]1CCCCN1C(=O)CSc1nc2ccsc2c(=O)n1CC(C)C. The highest BCUT2D eigenvalue weighted by atomic mass is 32.2. The number of likely N-dealkylation sites (tertiary alicyclic amines) is 1. The van der Waals surface area contributed by atoms with Crippen LogP contribution in [0, 0.1) is 5.92 Å². The molecular formula is C19H27N3O2S2. The first-order valence-corrected chi connectivity index (χ1v) is 11.3. The van der Waals surface area contributed by atoms with Gasteiger partial charge in [0.2, 0.25) is 5.91 Å². The lowest BCUT2D eigenvalue weighted by Gasteiger charge is -2.35. The second-order valence-electron chi connectivity index (χ2n) is 7.27. The van der Waals surface area contributed by atoms with Crippen LogP contribution in [-0.4, -0.2) is 38.7 Å². The molecule has 0 aromatic carbocycles. The number of piperidine rings is 1. The van der Waals surface area contributed by atoms with Gasteiger partial charge in [-0.15, -0.1) is 11.3 Å². The minimum Gasteiger partial charge on any atom is -0.339 e. The third-order valence-corrected chi connectivity index (χ3v) is 6.67. The summed E-state index contributed by atoms with van der Waals surface area (Å²) in [7, 11) is 0. The van der Waals surface area contributed by atoms with Crippen molar-refractivity contribution in [2.24, 2.45) is 5.92 Å².